The van der Waals surface area contributed by atoms with Gasteiger partial charge in [0.2, 0.25) is 0 Å². The second-order valence-electron chi connectivity index (χ2n) is 6.33. The SMILES string of the molecule is Cc1ccc(-c2ccc(CNCCc3c(C)nn(C)c3C)o2)cc1. The maximum absolute atomic E-state index is 5.93. The Labute approximate surface area is 143 Å². The predicted molar refractivity (Wildman–Crippen MR) is 97.0 cm³/mol. The first-order valence-electron chi connectivity index (χ1n) is 8.40. The van der Waals surface area contributed by atoms with Gasteiger partial charge in [0.25, 0.3) is 0 Å². The second kappa shape index (κ2) is 7.05. The van der Waals surface area contributed by atoms with Crippen LogP contribution in [0.1, 0.15) is 28.3 Å². The Kier molecular flexibility index (Phi) is 4.86. The molecular weight excluding hydrogens is 298 g/mol. The number of benzene rings is 1. The highest BCUT2D eigenvalue weighted by atomic mass is 16.3. The van der Waals surface area contributed by atoms with Crippen molar-refractivity contribution in [2.75, 3.05) is 6.54 Å². The molecular formula is C20H25N3O. The standard InChI is InChI=1S/C20H25N3O/c1-14-5-7-17(8-6-14)20-10-9-18(24-20)13-21-12-11-19-15(2)22-23(4)16(19)3/h5-10,21H,11-13H2,1-4H3. The van der Waals surface area contributed by atoms with Crippen molar-refractivity contribution < 1.29 is 4.42 Å². The molecule has 0 aliphatic rings. The van der Waals surface area contributed by atoms with Crippen LogP contribution >= 0.6 is 0 Å². The summed E-state index contributed by atoms with van der Waals surface area (Å²) in [5, 5.41) is 7.92. The summed E-state index contributed by atoms with van der Waals surface area (Å²) in [7, 11) is 1.99. The quantitative estimate of drug-likeness (QED) is 0.699. The van der Waals surface area contributed by atoms with Gasteiger partial charge < -0.3 is 9.73 Å². The second-order valence-corrected chi connectivity index (χ2v) is 6.33. The summed E-state index contributed by atoms with van der Waals surface area (Å²) in [4.78, 5) is 0. The van der Waals surface area contributed by atoms with Crippen LogP contribution in [-0.4, -0.2) is 16.3 Å². The van der Waals surface area contributed by atoms with E-state index in [9.17, 15) is 0 Å². The molecule has 4 nitrogen and oxygen atoms in total. The van der Waals surface area contributed by atoms with Gasteiger partial charge in [-0.3, -0.25) is 4.68 Å². The molecule has 24 heavy (non-hydrogen) atoms. The zero-order valence-electron chi connectivity index (χ0n) is 14.9. The topological polar surface area (TPSA) is 43.0 Å². The van der Waals surface area contributed by atoms with Crippen molar-refractivity contribution >= 4 is 0 Å². The first-order chi connectivity index (χ1) is 11.5. The van der Waals surface area contributed by atoms with Crippen LogP contribution in [-0.2, 0) is 20.0 Å². The minimum atomic E-state index is 0.740. The van der Waals surface area contributed by atoms with Gasteiger partial charge in [0, 0.05) is 18.3 Å². The van der Waals surface area contributed by atoms with E-state index in [2.05, 4.69) is 55.5 Å². The summed E-state index contributed by atoms with van der Waals surface area (Å²) in [6, 6.07) is 12.5. The molecule has 0 saturated heterocycles. The van der Waals surface area contributed by atoms with Crippen LogP contribution in [0.5, 0.6) is 0 Å². The maximum atomic E-state index is 5.93. The highest BCUT2D eigenvalue weighted by Gasteiger charge is 2.09. The Morgan fingerprint density at radius 1 is 1.04 bits per heavy atom. The Morgan fingerprint density at radius 2 is 1.79 bits per heavy atom. The van der Waals surface area contributed by atoms with Gasteiger partial charge >= 0.3 is 0 Å². The van der Waals surface area contributed by atoms with Crippen molar-refractivity contribution in [3.05, 3.63) is 64.7 Å². The number of aryl methyl sites for hydroxylation is 3. The molecule has 0 spiro atoms. The predicted octanol–water partition coefficient (Wildman–Crippen LogP) is 3.94. The molecule has 0 unspecified atom stereocenters. The van der Waals surface area contributed by atoms with Crippen LogP contribution in [0.3, 0.4) is 0 Å². The lowest BCUT2D eigenvalue weighted by molar-refractivity contribution is 0.494. The average molecular weight is 323 g/mol. The molecule has 1 aromatic carbocycles. The Morgan fingerprint density at radius 3 is 2.46 bits per heavy atom. The van der Waals surface area contributed by atoms with Gasteiger partial charge in [-0.1, -0.05) is 29.8 Å². The Balaban J connectivity index is 1.53. The maximum Gasteiger partial charge on any atom is 0.134 e. The molecule has 126 valence electrons. The van der Waals surface area contributed by atoms with Crippen LogP contribution in [0.15, 0.2) is 40.8 Å². The molecule has 4 heteroatoms. The van der Waals surface area contributed by atoms with Crippen molar-refractivity contribution in [1.82, 2.24) is 15.1 Å². The van der Waals surface area contributed by atoms with Gasteiger partial charge in [-0.05, 0) is 51.4 Å². The van der Waals surface area contributed by atoms with Gasteiger partial charge in [0.05, 0.1) is 12.2 Å². The molecule has 3 aromatic rings. The fourth-order valence-corrected chi connectivity index (χ4v) is 2.95. The highest BCUT2D eigenvalue weighted by molar-refractivity contribution is 5.57. The van der Waals surface area contributed by atoms with Crippen LogP contribution < -0.4 is 5.32 Å². The van der Waals surface area contributed by atoms with Gasteiger partial charge in [-0.2, -0.15) is 5.10 Å². The molecule has 1 N–H and O–H groups in total. The van der Waals surface area contributed by atoms with Crippen molar-refractivity contribution in [3.8, 4) is 11.3 Å². The van der Waals surface area contributed by atoms with Crippen molar-refractivity contribution in [2.24, 2.45) is 7.05 Å². The average Bonchev–Trinajstić information content (AvgIpc) is 3.12. The highest BCUT2D eigenvalue weighted by Crippen LogP contribution is 2.22. The third-order valence-electron chi connectivity index (χ3n) is 4.51. The van der Waals surface area contributed by atoms with E-state index < -0.39 is 0 Å². The van der Waals surface area contributed by atoms with Crippen LogP contribution in [0, 0.1) is 20.8 Å². The lowest BCUT2D eigenvalue weighted by Gasteiger charge is -2.04. The molecule has 0 saturated carbocycles. The molecule has 2 aromatic heterocycles. The number of hydrogen-bond donors (Lipinski definition) is 1. The number of hydrogen-bond acceptors (Lipinski definition) is 3. The first kappa shape index (κ1) is 16.5. The van der Waals surface area contributed by atoms with Gasteiger partial charge in [0.15, 0.2) is 0 Å². The van der Waals surface area contributed by atoms with Crippen LogP contribution in [0.4, 0.5) is 0 Å². The van der Waals surface area contributed by atoms with Gasteiger partial charge in [-0.25, -0.2) is 0 Å². The molecule has 2 heterocycles. The fourth-order valence-electron chi connectivity index (χ4n) is 2.95. The van der Waals surface area contributed by atoms with Crippen LogP contribution in [0.2, 0.25) is 0 Å². The van der Waals surface area contributed by atoms with Crippen molar-refractivity contribution in [3.63, 3.8) is 0 Å². The zero-order valence-corrected chi connectivity index (χ0v) is 14.9. The summed E-state index contributed by atoms with van der Waals surface area (Å²) < 4.78 is 7.88. The molecule has 0 bridgehead atoms. The minimum Gasteiger partial charge on any atom is -0.460 e. The number of furan rings is 1. The minimum absolute atomic E-state index is 0.740. The number of aromatic nitrogens is 2. The van der Waals surface area contributed by atoms with E-state index in [0.29, 0.717) is 0 Å². The third kappa shape index (κ3) is 3.60. The van der Waals surface area contributed by atoms with E-state index in [0.717, 1.165) is 42.3 Å². The smallest absolute Gasteiger partial charge is 0.134 e. The molecule has 3 rings (SSSR count). The van der Waals surface area contributed by atoms with E-state index in [1.54, 1.807) is 0 Å². The summed E-state index contributed by atoms with van der Waals surface area (Å²) in [5.41, 5.74) is 6.08. The van der Waals surface area contributed by atoms with E-state index in [4.69, 9.17) is 4.42 Å². The van der Waals surface area contributed by atoms with E-state index in [-0.39, 0.29) is 0 Å². The summed E-state index contributed by atoms with van der Waals surface area (Å²) in [5.74, 6) is 1.89. The summed E-state index contributed by atoms with van der Waals surface area (Å²) in [6.45, 7) is 7.93. The van der Waals surface area contributed by atoms with E-state index in [1.165, 1.54) is 16.8 Å². The Bertz CT molecular complexity index is 812. The molecule has 0 radical (unpaired) electrons. The number of nitrogens with zero attached hydrogens (tertiary/aromatic N) is 2. The summed E-state index contributed by atoms with van der Waals surface area (Å²) in [6.07, 6.45) is 0.983. The lowest BCUT2D eigenvalue weighted by atomic mass is 10.1. The number of rotatable bonds is 6. The third-order valence-corrected chi connectivity index (χ3v) is 4.51. The monoisotopic (exact) mass is 323 g/mol. The number of nitrogens with one attached hydrogen (secondary N) is 1. The van der Waals surface area contributed by atoms with Crippen LogP contribution in [0.25, 0.3) is 11.3 Å². The largest absolute Gasteiger partial charge is 0.460 e. The Hall–Kier alpha value is -2.33. The first-order valence-corrected chi connectivity index (χ1v) is 8.40. The molecule has 0 aliphatic carbocycles. The van der Waals surface area contributed by atoms with E-state index >= 15 is 0 Å². The van der Waals surface area contributed by atoms with E-state index in [1.807, 2.05) is 23.9 Å². The molecule has 0 amide bonds. The molecule has 0 aliphatic heterocycles. The zero-order chi connectivity index (χ0) is 17.1. The van der Waals surface area contributed by atoms with Gasteiger partial charge in [-0.15, -0.1) is 0 Å². The molecule has 0 atom stereocenters. The molecule has 0 fully saturated rings. The lowest BCUT2D eigenvalue weighted by Crippen LogP contribution is -2.16. The van der Waals surface area contributed by atoms with Crippen molar-refractivity contribution in [2.45, 2.75) is 33.7 Å². The normalized spacial score (nSPS) is 11.2. The van der Waals surface area contributed by atoms with Gasteiger partial charge in [0.1, 0.15) is 11.5 Å². The van der Waals surface area contributed by atoms with Crippen molar-refractivity contribution in [1.29, 1.82) is 0 Å². The fraction of sp³-hybridized carbons (Fsp3) is 0.350. The summed E-state index contributed by atoms with van der Waals surface area (Å²) >= 11 is 0.